The first-order valence-electron chi connectivity index (χ1n) is 8.49. The molecule has 0 spiro atoms. The molecule has 2 aromatic carbocycles. The zero-order valence-electron chi connectivity index (χ0n) is 16.3. The van der Waals surface area contributed by atoms with Crippen molar-refractivity contribution >= 4 is 37.5 Å². The van der Waals surface area contributed by atoms with Crippen LogP contribution >= 0.6 is 11.3 Å². The standard InChI is InChI=1S/C19H20N2O6S2/c1-12-5-7-13(8-6-12)29(23,24)20-19-21(11-16(22)27-4)17-14(25-2)9-10-15(26-3)18(17)28-19/h5-10H,11H2,1-4H3/b20-19-. The van der Waals surface area contributed by atoms with E-state index in [1.54, 1.807) is 24.3 Å². The van der Waals surface area contributed by atoms with Gasteiger partial charge in [-0.2, -0.15) is 8.42 Å². The second-order valence-corrected chi connectivity index (χ2v) is 8.66. The molecule has 0 aliphatic rings. The van der Waals surface area contributed by atoms with Crippen molar-refractivity contribution in [1.29, 1.82) is 0 Å². The van der Waals surface area contributed by atoms with E-state index in [0.29, 0.717) is 21.7 Å². The van der Waals surface area contributed by atoms with E-state index in [9.17, 15) is 13.2 Å². The Kier molecular flexibility index (Phi) is 5.94. The van der Waals surface area contributed by atoms with Crippen LogP contribution in [0.15, 0.2) is 45.7 Å². The number of aryl methyl sites for hydroxylation is 1. The summed E-state index contributed by atoms with van der Waals surface area (Å²) < 4.78 is 47.3. The fourth-order valence-corrected chi connectivity index (χ4v) is 5.07. The highest BCUT2D eigenvalue weighted by molar-refractivity contribution is 7.90. The van der Waals surface area contributed by atoms with E-state index in [4.69, 9.17) is 14.2 Å². The summed E-state index contributed by atoms with van der Waals surface area (Å²) in [6.07, 6.45) is 0. The van der Waals surface area contributed by atoms with Gasteiger partial charge in [-0.05, 0) is 31.2 Å². The van der Waals surface area contributed by atoms with Crippen LogP contribution in [0.25, 0.3) is 10.2 Å². The maximum Gasteiger partial charge on any atom is 0.325 e. The molecule has 0 N–H and O–H groups in total. The molecular formula is C19H20N2O6S2. The van der Waals surface area contributed by atoms with E-state index in [0.717, 1.165) is 16.9 Å². The van der Waals surface area contributed by atoms with Gasteiger partial charge in [-0.1, -0.05) is 29.0 Å². The third-order valence-corrected chi connectivity index (χ3v) is 6.71. The number of rotatable bonds is 6. The minimum atomic E-state index is -4.00. The lowest BCUT2D eigenvalue weighted by molar-refractivity contribution is -0.141. The summed E-state index contributed by atoms with van der Waals surface area (Å²) in [5.41, 5.74) is 1.43. The number of carbonyl (C=O) groups excluding carboxylic acids is 1. The Labute approximate surface area is 172 Å². The van der Waals surface area contributed by atoms with Gasteiger partial charge in [0.25, 0.3) is 10.0 Å². The lowest BCUT2D eigenvalue weighted by Crippen LogP contribution is -2.22. The SMILES string of the molecule is COC(=O)Cn1/c(=N/S(=O)(=O)c2ccc(C)cc2)sc2c(OC)ccc(OC)c21. The molecule has 0 saturated heterocycles. The van der Waals surface area contributed by atoms with Crippen molar-refractivity contribution in [2.45, 2.75) is 18.4 Å². The summed E-state index contributed by atoms with van der Waals surface area (Å²) in [4.78, 5) is 12.2. The smallest absolute Gasteiger partial charge is 0.325 e. The van der Waals surface area contributed by atoms with Gasteiger partial charge < -0.3 is 18.8 Å². The average Bonchev–Trinajstić information content (AvgIpc) is 3.04. The van der Waals surface area contributed by atoms with E-state index < -0.39 is 16.0 Å². The van der Waals surface area contributed by atoms with Gasteiger partial charge >= 0.3 is 5.97 Å². The van der Waals surface area contributed by atoms with Crippen LogP contribution in [0.3, 0.4) is 0 Å². The number of thiazole rings is 1. The largest absolute Gasteiger partial charge is 0.495 e. The van der Waals surface area contributed by atoms with Gasteiger partial charge in [-0.3, -0.25) is 4.79 Å². The summed E-state index contributed by atoms with van der Waals surface area (Å²) in [5, 5.41) is 0. The number of sulfonamides is 1. The van der Waals surface area contributed by atoms with E-state index in [1.807, 2.05) is 6.92 Å². The summed E-state index contributed by atoms with van der Waals surface area (Å²) in [6.45, 7) is 1.63. The highest BCUT2D eigenvalue weighted by atomic mass is 32.2. The van der Waals surface area contributed by atoms with Gasteiger partial charge in [-0.15, -0.1) is 4.40 Å². The first-order chi connectivity index (χ1) is 13.8. The molecule has 3 rings (SSSR count). The van der Waals surface area contributed by atoms with Crippen molar-refractivity contribution in [3.63, 3.8) is 0 Å². The number of aromatic nitrogens is 1. The third-order valence-electron chi connectivity index (χ3n) is 4.22. The Morgan fingerprint density at radius 1 is 1.03 bits per heavy atom. The van der Waals surface area contributed by atoms with Gasteiger partial charge in [0.1, 0.15) is 28.3 Å². The fraction of sp³-hybridized carbons (Fsp3) is 0.263. The molecule has 0 saturated carbocycles. The van der Waals surface area contributed by atoms with Crippen molar-refractivity contribution in [2.24, 2.45) is 4.40 Å². The number of fused-ring (bicyclic) bond motifs is 1. The third kappa shape index (κ3) is 4.13. The molecule has 0 fully saturated rings. The highest BCUT2D eigenvalue weighted by Gasteiger charge is 2.20. The monoisotopic (exact) mass is 436 g/mol. The normalized spacial score (nSPS) is 12.2. The number of nitrogens with zero attached hydrogens (tertiary/aromatic N) is 2. The maximum atomic E-state index is 12.9. The van der Waals surface area contributed by atoms with Crippen LogP contribution in [-0.2, 0) is 26.1 Å². The van der Waals surface area contributed by atoms with Crippen LogP contribution in [0, 0.1) is 6.92 Å². The van der Waals surface area contributed by atoms with Gasteiger partial charge in [0, 0.05) is 0 Å². The van der Waals surface area contributed by atoms with E-state index in [-0.39, 0.29) is 16.2 Å². The molecule has 0 aliphatic heterocycles. The average molecular weight is 437 g/mol. The minimum Gasteiger partial charge on any atom is -0.495 e. The van der Waals surface area contributed by atoms with E-state index in [1.165, 1.54) is 38.0 Å². The highest BCUT2D eigenvalue weighted by Crippen LogP contribution is 2.35. The maximum absolute atomic E-state index is 12.9. The van der Waals surface area contributed by atoms with Crippen molar-refractivity contribution in [3.05, 3.63) is 46.8 Å². The molecule has 154 valence electrons. The second kappa shape index (κ2) is 8.26. The molecule has 1 aromatic heterocycles. The molecule has 3 aromatic rings. The van der Waals surface area contributed by atoms with Crippen LogP contribution in [0.2, 0.25) is 0 Å². The number of benzene rings is 2. The lowest BCUT2D eigenvalue weighted by Gasteiger charge is -2.09. The number of hydrogen-bond donors (Lipinski definition) is 0. The summed E-state index contributed by atoms with van der Waals surface area (Å²) >= 11 is 1.09. The number of ether oxygens (including phenoxy) is 3. The number of carbonyl (C=O) groups is 1. The van der Waals surface area contributed by atoms with Crippen LogP contribution in [0.1, 0.15) is 5.56 Å². The number of esters is 1. The molecule has 1 heterocycles. The quantitative estimate of drug-likeness (QED) is 0.551. The van der Waals surface area contributed by atoms with Gasteiger partial charge in [0.2, 0.25) is 4.80 Å². The molecular weight excluding hydrogens is 416 g/mol. The first kappa shape index (κ1) is 20.9. The zero-order valence-corrected chi connectivity index (χ0v) is 18.0. The molecule has 10 heteroatoms. The molecule has 0 radical (unpaired) electrons. The molecule has 8 nitrogen and oxygen atoms in total. The van der Waals surface area contributed by atoms with Crippen molar-refractivity contribution < 1.29 is 27.4 Å². The zero-order chi connectivity index (χ0) is 21.2. The Morgan fingerprint density at radius 2 is 1.66 bits per heavy atom. The fourth-order valence-electron chi connectivity index (χ4n) is 2.73. The topological polar surface area (TPSA) is 96.2 Å². The summed E-state index contributed by atoms with van der Waals surface area (Å²) in [7, 11) is 0.251. The van der Waals surface area contributed by atoms with Crippen molar-refractivity contribution in [1.82, 2.24) is 4.57 Å². The van der Waals surface area contributed by atoms with E-state index >= 15 is 0 Å². The second-order valence-electron chi connectivity index (χ2n) is 6.07. The van der Waals surface area contributed by atoms with Gasteiger partial charge in [0.05, 0.1) is 26.2 Å². The van der Waals surface area contributed by atoms with Crippen LogP contribution in [-0.4, -0.2) is 40.3 Å². The van der Waals surface area contributed by atoms with Crippen molar-refractivity contribution in [3.8, 4) is 11.5 Å². The molecule has 0 atom stereocenters. The number of hydrogen-bond acceptors (Lipinski definition) is 7. The minimum absolute atomic E-state index is 0.0594. The first-order valence-corrected chi connectivity index (χ1v) is 10.7. The summed E-state index contributed by atoms with van der Waals surface area (Å²) in [6, 6.07) is 9.77. The summed E-state index contributed by atoms with van der Waals surface area (Å²) in [5.74, 6) is 0.414. The lowest BCUT2D eigenvalue weighted by atomic mass is 10.2. The van der Waals surface area contributed by atoms with Gasteiger partial charge in [0.15, 0.2) is 0 Å². The molecule has 0 amide bonds. The van der Waals surface area contributed by atoms with Crippen LogP contribution in [0.4, 0.5) is 0 Å². The van der Waals surface area contributed by atoms with Gasteiger partial charge in [-0.25, -0.2) is 0 Å². The molecule has 29 heavy (non-hydrogen) atoms. The predicted octanol–water partition coefficient (Wildman–Crippen LogP) is 2.49. The Balaban J connectivity index is 2.33. The van der Waals surface area contributed by atoms with Crippen LogP contribution < -0.4 is 14.3 Å². The Bertz CT molecular complexity index is 1220. The molecule has 0 bridgehead atoms. The predicted molar refractivity (Wildman–Crippen MR) is 109 cm³/mol. The Morgan fingerprint density at radius 3 is 2.24 bits per heavy atom. The van der Waals surface area contributed by atoms with Crippen molar-refractivity contribution in [2.75, 3.05) is 21.3 Å². The van der Waals surface area contributed by atoms with Crippen LogP contribution in [0.5, 0.6) is 11.5 Å². The molecule has 0 aliphatic carbocycles. The van der Waals surface area contributed by atoms with E-state index in [2.05, 4.69) is 4.40 Å². The molecule has 0 unspecified atom stereocenters. The Hall–Kier alpha value is -2.85. The number of methoxy groups -OCH3 is 3.